The molecule has 22 heavy (non-hydrogen) atoms. The van der Waals surface area contributed by atoms with E-state index in [1.165, 1.54) is 5.57 Å². The third-order valence-electron chi connectivity index (χ3n) is 6.91. The Hall–Kier alpha value is -1.61. The first kappa shape index (κ1) is 12.9. The Morgan fingerprint density at radius 3 is 2.77 bits per heavy atom. The minimum Gasteiger partial charge on any atom is -0.481 e. The number of carboxylic acids is 1. The molecule has 6 rings (SSSR count). The van der Waals surface area contributed by atoms with Gasteiger partial charge in [0.2, 0.25) is 0 Å². The molecule has 3 nitrogen and oxygen atoms in total. The Bertz CT molecular complexity index is 721. The number of allylic oxidation sites excluding steroid dienone is 1. The van der Waals surface area contributed by atoms with Gasteiger partial charge in [0.1, 0.15) is 0 Å². The summed E-state index contributed by atoms with van der Waals surface area (Å²) in [6, 6.07) is 8.06. The van der Waals surface area contributed by atoms with Gasteiger partial charge in [0.05, 0.1) is 11.5 Å². The largest absolute Gasteiger partial charge is 0.481 e. The zero-order valence-electron chi connectivity index (χ0n) is 12.5. The van der Waals surface area contributed by atoms with Crippen molar-refractivity contribution < 1.29 is 15.0 Å². The summed E-state index contributed by atoms with van der Waals surface area (Å²) in [5.41, 5.74) is 2.86. The second kappa shape index (κ2) is 3.83. The molecule has 5 aliphatic carbocycles. The monoisotopic (exact) mass is 296 g/mol. The van der Waals surface area contributed by atoms with Crippen molar-refractivity contribution in [1.82, 2.24) is 0 Å². The highest BCUT2D eigenvalue weighted by molar-refractivity contribution is 5.83. The molecule has 4 saturated carbocycles. The molecule has 4 fully saturated rings. The number of carbonyl (C=O) groups is 1. The average Bonchev–Trinajstić information content (AvgIpc) is 3.04. The van der Waals surface area contributed by atoms with Crippen molar-refractivity contribution in [3.63, 3.8) is 0 Å². The molecule has 0 heterocycles. The maximum Gasteiger partial charge on any atom is 0.309 e. The minimum absolute atomic E-state index is 0.0161. The fourth-order valence-corrected chi connectivity index (χ4v) is 6.35. The standard InChI is InChI=1S/C19H20O3/c20-16-6-15(13-3-1-2-4-14(13)16)18-7-11-5-12(9-18)19(8-11,10-18)17(21)22/h1-4,6,11-12,16,20H,5,7-10H2,(H,21,22). The van der Waals surface area contributed by atoms with Gasteiger partial charge in [-0.05, 0) is 72.1 Å². The summed E-state index contributed by atoms with van der Waals surface area (Å²) >= 11 is 0. The van der Waals surface area contributed by atoms with Gasteiger partial charge in [-0.3, -0.25) is 4.79 Å². The van der Waals surface area contributed by atoms with E-state index in [2.05, 4.69) is 6.07 Å². The molecule has 0 amide bonds. The molecule has 5 aliphatic rings. The predicted molar refractivity (Wildman–Crippen MR) is 81.9 cm³/mol. The fraction of sp³-hybridized carbons (Fsp3) is 0.526. The first-order valence-electron chi connectivity index (χ1n) is 8.27. The summed E-state index contributed by atoms with van der Waals surface area (Å²) in [7, 11) is 0. The van der Waals surface area contributed by atoms with E-state index in [-0.39, 0.29) is 5.41 Å². The lowest BCUT2D eigenvalue weighted by molar-refractivity contribution is -0.151. The van der Waals surface area contributed by atoms with Crippen molar-refractivity contribution in [1.29, 1.82) is 0 Å². The number of hydrogen-bond donors (Lipinski definition) is 2. The lowest BCUT2D eigenvalue weighted by Gasteiger charge is -2.41. The number of hydrogen-bond acceptors (Lipinski definition) is 2. The van der Waals surface area contributed by atoms with E-state index in [1.807, 2.05) is 24.3 Å². The highest BCUT2D eigenvalue weighted by atomic mass is 16.4. The van der Waals surface area contributed by atoms with Crippen molar-refractivity contribution in [2.24, 2.45) is 22.7 Å². The second-order valence-corrected chi connectivity index (χ2v) is 7.94. The van der Waals surface area contributed by atoms with Gasteiger partial charge in [-0.2, -0.15) is 0 Å². The van der Waals surface area contributed by atoms with Crippen LogP contribution >= 0.6 is 0 Å². The number of aliphatic carboxylic acids is 1. The van der Waals surface area contributed by atoms with Gasteiger partial charge in [-0.15, -0.1) is 0 Å². The molecule has 5 unspecified atom stereocenters. The first-order valence-corrected chi connectivity index (χ1v) is 8.27. The number of rotatable bonds is 2. The van der Waals surface area contributed by atoms with Gasteiger partial charge < -0.3 is 10.2 Å². The van der Waals surface area contributed by atoms with Gasteiger partial charge in [-0.1, -0.05) is 24.3 Å². The molecule has 2 N–H and O–H groups in total. The van der Waals surface area contributed by atoms with Crippen LogP contribution in [0.3, 0.4) is 0 Å². The third-order valence-corrected chi connectivity index (χ3v) is 6.91. The number of carboxylic acid groups (broad SMARTS) is 1. The lowest BCUT2D eigenvalue weighted by Crippen LogP contribution is -2.35. The molecule has 114 valence electrons. The molecule has 0 radical (unpaired) electrons. The molecule has 1 aromatic rings. The first-order chi connectivity index (χ1) is 10.5. The van der Waals surface area contributed by atoms with Crippen LogP contribution in [0.2, 0.25) is 0 Å². The van der Waals surface area contributed by atoms with Crippen LogP contribution in [-0.2, 0) is 4.79 Å². The summed E-state index contributed by atoms with van der Waals surface area (Å²) in [5.74, 6) is 0.290. The molecule has 0 spiro atoms. The average molecular weight is 296 g/mol. The van der Waals surface area contributed by atoms with Crippen LogP contribution in [0, 0.1) is 22.7 Å². The van der Waals surface area contributed by atoms with Crippen molar-refractivity contribution >= 4 is 11.5 Å². The van der Waals surface area contributed by atoms with Crippen molar-refractivity contribution in [3.8, 4) is 0 Å². The van der Waals surface area contributed by atoms with Crippen molar-refractivity contribution in [2.45, 2.75) is 38.2 Å². The zero-order chi connectivity index (χ0) is 15.1. The minimum atomic E-state index is -0.589. The Morgan fingerprint density at radius 2 is 2.00 bits per heavy atom. The third kappa shape index (κ3) is 1.34. The van der Waals surface area contributed by atoms with Crippen LogP contribution < -0.4 is 0 Å². The van der Waals surface area contributed by atoms with Crippen LogP contribution in [-0.4, -0.2) is 16.2 Å². The van der Waals surface area contributed by atoms with Crippen LogP contribution in [0.25, 0.3) is 5.57 Å². The Morgan fingerprint density at radius 1 is 1.18 bits per heavy atom. The summed E-state index contributed by atoms with van der Waals surface area (Å²) in [4.78, 5) is 12.0. The van der Waals surface area contributed by atoms with Gasteiger partial charge in [0.15, 0.2) is 0 Å². The molecule has 3 heteroatoms. The van der Waals surface area contributed by atoms with E-state index in [9.17, 15) is 15.0 Å². The molecule has 0 saturated heterocycles. The van der Waals surface area contributed by atoms with Crippen LogP contribution in [0.5, 0.6) is 0 Å². The number of benzene rings is 1. The summed E-state index contributed by atoms with van der Waals surface area (Å²) < 4.78 is 0. The van der Waals surface area contributed by atoms with Gasteiger partial charge in [-0.25, -0.2) is 0 Å². The summed E-state index contributed by atoms with van der Waals surface area (Å²) in [6.45, 7) is 0. The zero-order valence-corrected chi connectivity index (χ0v) is 12.5. The lowest BCUT2D eigenvalue weighted by atomic mass is 9.62. The van der Waals surface area contributed by atoms with Gasteiger partial charge >= 0.3 is 5.97 Å². The van der Waals surface area contributed by atoms with E-state index >= 15 is 0 Å². The quantitative estimate of drug-likeness (QED) is 0.879. The highest BCUT2D eigenvalue weighted by Gasteiger charge is 2.68. The van der Waals surface area contributed by atoms with E-state index in [0.29, 0.717) is 11.8 Å². The maximum absolute atomic E-state index is 12.0. The molecule has 0 aromatic heterocycles. The Labute approximate surface area is 129 Å². The molecule has 4 bridgehead atoms. The predicted octanol–water partition coefficient (Wildman–Crippen LogP) is 3.40. The van der Waals surface area contributed by atoms with E-state index < -0.39 is 17.5 Å². The van der Waals surface area contributed by atoms with Crippen molar-refractivity contribution in [3.05, 3.63) is 41.5 Å². The summed E-state index contributed by atoms with van der Waals surface area (Å²) in [5, 5.41) is 20.2. The molecule has 1 aromatic carbocycles. The van der Waals surface area contributed by atoms with E-state index in [0.717, 1.165) is 43.2 Å². The number of aliphatic hydroxyl groups excluding tert-OH is 1. The Balaban J connectivity index is 1.64. The van der Waals surface area contributed by atoms with Crippen LogP contribution in [0.15, 0.2) is 30.3 Å². The Kier molecular flexibility index (Phi) is 2.24. The van der Waals surface area contributed by atoms with Gasteiger partial charge in [0, 0.05) is 0 Å². The smallest absolute Gasteiger partial charge is 0.309 e. The van der Waals surface area contributed by atoms with Crippen LogP contribution in [0.4, 0.5) is 0 Å². The fourth-order valence-electron chi connectivity index (χ4n) is 6.35. The SMILES string of the molecule is O=C(O)C12CC3CC1CC(C1=CC(O)c4ccccc41)(C3)C2. The number of aliphatic hydroxyl groups is 1. The maximum atomic E-state index is 12.0. The van der Waals surface area contributed by atoms with Crippen molar-refractivity contribution in [2.75, 3.05) is 0 Å². The topological polar surface area (TPSA) is 57.5 Å². The van der Waals surface area contributed by atoms with E-state index in [4.69, 9.17) is 0 Å². The normalized spacial score (nSPS) is 44.2. The molecular weight excluding hydrogens is 276 g/mol. The molecule has 0 aliphatic heterocycles. The van der Waals surface area contributed by atoms with Crippen LogP contribution in [0.1, 0.15) is 49.3 Å². The van der Waals surface area contributed by atoms with E-state index in [1.54, 1.807) is 0 Å². The molecule has 5 atom stereocenters. The second-order valence-electron chi connectivity index (χ2n) is 7.94. The van der Waals surface area contributed by atoms with Gasteiger partial charge in [0.25, 0.3) is 0 Å². The summed E-state index contributed by atoms with van der Waals surface area (Å²) in [6.07, 6.45) is 6.28. The number of fused-ring (bicyclic) bond motifs is 1. The highest BCUT2D eigenvalue weighted by Crippen LogP contribution is 2.74. The molecular formula is C19H20O3.